The Kier molecular flexibility index (Phi) is 3.29. The maximum absolute atomic E-state index is 14.0. The highest BCUT2D eigenvalue weighted by molar-refractivity contribution is 5.35. The Morgan fingerprint density at radius 1 is 1.31 bits per heavy atom. The molecule has 0 spiro atoms. The number of aryl methyl sites for hydroxylation is 2. The van der Waals surface area contributed by atoms with E-state index in [1.807, 2.05) is 13.8 Å². The summed E-state index contributed by atoms with van der Waals surface area (Å²) in [5.74, 6) is 0.466. The average molecular weight is 221 g/mol. The summed E-state index contributed by atoms with van der Waals surface area (Å²) in [6.07, 6.45) is 2.38. The Morgan fingerprint density at radius 2 is 2.06 bits per heavy atom. The van der Waals surface area contributed by atoms with E-state index in [9.17, 15) is 4.39 Å². The number of hydrogen-bond acceptors (Lipinski definition) is 1. The SMILES string of the molecule is Cc1cc(C)c(C2NCCCC2C)c(F)c1. The summed E-state index contributed by atoms with van der Waals surface area (Å²) >= 11 is 0. The number of hydrogen-bond donors (Lipinski definition) is 1. The monoisotopic (exact) mass is 221 g/mol. The minimum absolute atomic E-state index is 0.0521. The van der Waals surface area contributed by atoms with Gasteiger partial charge in [0.2, 0.25) is 0 Å². The van der Waals surface area contributed by atoms with Gasteiger partial charge in [-0.15, -0.1) is 0 Å². The molecule has 1 N–H and O–H groups in total. The molecule has 1 saturated heterocycles. The first-order valence-corrected chi connectivity index (χ1v) is 6.09. The van der Waals surface area contributed by atoms with Crippen molar-refractivity contribution in [2.75, 3.05) is 6.54 Å². The van der Waals surface area contributed by atoms with Crippen molar-refractivity contribution >= 4 is 0 Å². The van der Waals surface area contributed by atoms with Gasteiger partial charge >= 0.3 is 0 Å². The van der Waals surface area contributed by atoms with Crippen molar-refractivity contribution in [2.45, 2.75) is 39.7 Å². The zero-order valence-corrected chi connectivity index (χ0v) is 10.3. The normalized spacial score (nSPS) is 25.8. The van der Waals surface area contributed by atoms with Crippen LogP contribution in [0.2, 0.25) is 0 Å². The Morgan fingerprint density at radius 3 is 2.69 bits per heavy atom. The Hall–Kier alpha value is -0.890. The lowest BCUT2D eigenvalue weighted by Gasteiger charge is -2.31. The van der Waals surface area contributed by atoms with Crippen molar-refractivity contribution in [3.63, 3.8) is 0 Å². The molecule has 2 atom stereocenters. The first-order valence-electron chi connectivity index (χ1n) is 6.09. The molecule has 2 rings (SSSR count). The average Bonchev–Trinajstić information content (AvgIpc) is 2.19. The van der Waals surface area contributed by atoms with Crippen LogP contribution in [-0.2, 0) is 0 Å². The van der Waals surface area contributed by atoms with Gasteiger partial charge in [0.05, 0.1) is 0 Å². The van der Waals surface area contributed by atoms with Gasteiger partial charge in [0.15, 0.2) is 0 Å². The third-order valence-electron chi connectivity index (χ3n) is 3.56. The molecule has 16 heavy (non-hydrogen) atoms. The molecule has 1 aliphatic rings. The molecule has 0 amide bonds. The van der Waals surface area contributed by atoms with Crippen molar-refractivity contribution in [2.24, 2.45) is 5.92 Å². The van der Waals surface area contributed by atoms with E-state index in [2.05, 4.69) is 18.3 Å². The van der Waals surface area contributed by atoms with E-state index < -0.39 is 0 Å². The van der Waals surface area contributed by atoms with Gasteiger partial charge in [-0.25, -0.2) is 4.39 Å². The lowest BCUT2D eigenvalue weighted by molar-refractivity contribution is 0.298. The Balaban J connectivity index is 2.38. The smallest absolute Gasteiger partial charge is 0.128 e. The van der Waals surface area contributed by atoms with Gasteiger partial charge in [0, 0.05) is 11.6 Å². The van der Waals surface area contributed by atoms with E-state index >= 15 is 0 Å². The summed E-state index contributed by atoms with van der Waals surface area (Å²) in [7, 11) is 0. The van der Waals surface area contributed by atoms with E-state index in [0.717, 1.165) is 23.2 Å². The number of halogens is 1. The van der Waals surface area contributed by atoms with Crippen LogP contribution < -0.4 is 5.32 Å². The number of rotatable bonds is 1. The zero-order chi connectivity index (χ0) is 11.7. The van der Waals surface area contributed by atoms with Crippen LogP contribution in [0.15, 0.2) is 12.1 Å². The highest BCUT2D eigenvalue weighted by Gasteiger charge is 2.26. The van der Waals surface area contributed by atoms with Gasteiger partial charge < -0.3 is 5.32 Å². The first kappa shape index (κ1) is 11.6. The fraction of sp³-hybridized carbons (Fsp3) is 0.571. The highest BCUT2D eigenvalue weighted by Crippen LogP contribution is 2.32. The summed E-state index contributed by atoms with van der Waals surface area (Å²) in [5, 5.41) is 3.45. The summed E-state index contributed by atoms with van der Waals surface area (Å²) in [6, 6.07) is 3.90. The van der Waals surface area contributed by atoms with E-state index in [4.69, 9.17) is 0 Å². The Labute approximate surface area is 97.1 Å². The molecule has 1 aliphatic heterocycles. The molecule has 0 aromatic heterocycles. The molecule has 0 radical (unpaired) electrons. The minimum atomic E-state index is -0.0521. The van der Waals surface area contributed by atoms with Crippen LogP contribution in [0.25, 0.3) is 0 Å². The summed E-state index contributed by atoms with van der Waals surface area (Å²) in [4.78, 5) is 0. The van der Waals surface area contributed by atoms with Crippen LogP contribution in [-0.4, -0.2) is 6.54 Å². The second-order valence-electron chi connectivity index (χ2n) is 5.03. The maximum Gasteiger partial charge on any atom is 0.128 e. The third kappa shape index (κ3) is 2.12. The molecule has 2 heteroatoms. The van der Waals surface area contributed by atoms with Gasteiger partial charge in [0.25, 0.3) is 0 Å². The van der Waals surface area contributed by atoms with Crippen LogP contribution in [0.1, 0.15) is 42.5 Å². The summed E-state index contributed by atoms with van der Waals surface area (Å²) in [5.41, 5.74) is 2.95. The molecule has 0 bridgehead atoms. The van der Waals surface area contributed by atoms with Crippen LogP contribution in [0.3, 0.4) is 0 Å². The molecule has 1 fully saturated rings. The van der Waals surface area contributed by atoms with Gasteiger partial charge in [-0.1, -0.05) is 13.0 Å². The molecule has 1 nitrogen and oxygen atoms in total. The van der Waals surface area contributed by atoms with Crippen molar-refractivity contribution in [1.29, 1.82) is 0 Å². The molecule has 0 aliphatic carbocycles. The molecule has 1 heterocycles. The quantitative estimate of drug-likeness (QED) is 0.765. The van der Waals surface area contributed by atoms with Gasteiger partial charge in [-0.2, -0.15) is 0 Å². The van der Waals surface area contributed by atoms with E-state index in [1.165, 1.54) is 12.8 Å². The molecule has 88 valence electrons. The predicted octanol–water partition coefficient (Wildman–Crippen LogP) is 3.50. The Bertz CT molecular complexity index is 363. The molecular weight excluding hydrogens is 201 g/mol. The van der Waals surface area contributed by atoms with E-state index in [1.54, 1.807) is 6.07 Å². The van der Waals surface area contributed by atoms with Gasteiger partial charge in [0.1, 0.15) is 5.82 Å². The molecule has 1 aromatic rings. The molecule has 1 aromatic carbocycles. The lowest BCUT2D eigenvalue weighted by atomic mass is 9.85. The van der Waals surface area contributed by atoms with Crippen molar-refractivity contribution in [3.05, 3.63) is 34.6 Å². The van der Waals surface area contributed by atoms with Crippen LogP contribution >= 0.6 is 0 Å². The predicted molar refractivity (Wildman–Crippen MR) is 65.0 cm³/mol. The highest BCUT2D eigenvalue weighted by atomic mass is 19.1. The largest absolute Gasteiger partial charge is 0.310 e. The summed E-state index contributed by atoms with van der Waals surface area (Å²) < 4.78 is 14.0. The standard InChI is InChI=1S/C14H20FN/c1-9-7-11(3)13(12(15)8-9)14-10(2)5-4-6-16-14/h7-8,10,14,16H,4-6H2,1-3H3. The molecule has 2 unspecified atom stereocenters. The number of benzene rings is 1. The topological polar surface area (TPSA) is 12.0 Å². The first-order chi connectivity index (χ1) is 7.59. The number of piperidine rings is 1. The minimum Gasteiger partial charge on any atom is -0.310 e. The van der Waals surface area contributed by atoms with Gasteiger partial charge in [-0.3, -0.25) is 0 Å². The number of nitrogens with one attached hydrogen (secondary N) is 1. The zero-order valence-electron chi connectivity index (χ0n) is 10.3. The third-order valence-corrected chi connectivity index (χ3v) is 3.56. The van der Waals surface area contributed by atoms with Crippen molar-refractivity contribution < 1.29 is 4.39 Å². The van der Waals surface area contributed by atoms with Crippen molar-refractivity contribution in [3.8, 4) is 0 Å². The second-order valence-corrected chi connectivity index (χ2v) is 5.03. The van der Waals surface area contributed by atoms with Crippen LogP contribution in [0.4, 0.5) is 4.39 Å². The molecular formula is C14H20FN. The lowest BCUT2D eigenvalue weighted by Crippen LogP contribution is -2.34. The fourth-order valence-electron chi connectivity index (χ4n) is 2.76. The van der Waals surface area contributed by atoms with E-state index in [0.29, 0.717) is 5.92 Å². The van der Waals surface area contributed by atoms with Crippen molar-refractivity contribution in [1.82, 2.24) is 5.32 Å². The van der Waals surface area contributed by atoms with E-state index in [-0.39, 0.29) is 11.9 Å². The second kappa shape index (κ2) is 4.54. The molecule has 0 saturated carbocycles. The maximum atomic E-state index is 14.0. The summed E-state index contributed by atoms with van der Waals surface area (Å²) in [6.45, 7) is 7.16. The van der Waals surface area contributed by atoms with Crippen LogP contribution in [0, 0.1) is 25.6 Å². The van der Waals surface area contributed by atoms with Gasteiger partial charge in [-0.05, 0) is 56.3 Å². The van der Waals surface area contributed by atoms with Crippen LogP contribution in [0.5, 0.6) is 0 Å². The fourth-order valence-corrected chi connectivity index (χ4v) is 2.76.